The molecule has 11 heavy (non-hydrogen) atoms. The van der Waals surface area contributed by atoms with Crippen molar-refractivity contribution < 1.29 is 25.2 Å². The smallest absolute Gasteiger partial charge is 0.192 e. The second-order valence-electron chi connectivity index (χ2n) is 2.71. The van der Waals surface area contributed by atoms with Gasteiger partial charge < -0.3 is 25.2 Å². The average Bonchev–Trinajstić information content (AvgIpc) is 2.27. The lowest BCUT2D eigenvalue weighted by Gasteiger charge is -2.18. The zero-order valence-corrected chi connectivity index (χ0v) is 5.97. The molecule has 0 spiro atoms. The zero-order chi connectivity index (χ0) is 8.48. The number of aliphatic hydroxyl groups is 4. The minimum Gasteiger partial charge on any atom is -0.394 e. The van der Waals surface area contributed by atoms with Crippen LogP contribution in [0.4, 0.5) is 0 Å². The van der Waals surface area contributed by atoms with Crippen LogP contribution in [0.1, 0.15) is 6.42 Å². The highest BCUT2D eigenvalue weighted by Crippen LogP contribution is 2.27. The van der Waals surface area contributed by atoms with Gasteiger partial charge in [0.2, 0.25) is 0 Å². The molecule has 66 valence electrons. The maximum Gasteiger partial charge on any atom is 0.192 e. The third-order valence-corrected chi connectivity index (χ3v) is 1.76. The first-order chi connectivity index (χ1) is 5.11. The van der Waals surface area contributed by atoms with Gasteiger partial charge in [-0.15, -0.1) is 0 Å². The van der Waals surface area contributed by atoms with Gasteiger partial charge in [-0.1, -0.05) is 0 Å². The van der Waals surface area contributed by atoms with Crippen LogP contribution in [0.3, 0.4) is 0 Å². The van der Waals surface area contributed by atoms with Crippen LogP contribution in [0.15, 0.2) is 0 Å². The molecule has 1 rings (SSSR count). The molecule has 1 aliphatic rings. The van der Waals surface area contributed by atoms with Crippen LogP contribution in [-0.2, 0) is 4.74 Å². The second-order valence-corrected chi connectivity index (χ2v) is 2.71. The van der Waals surface area contributed by atoms with Crippen molar-refractivity contribution in [2.45, 2.75) is 24.4 Å². The topological polar surface area (TPSA) is 90.2 Å². The van der Waals surface area contributed by atoms with Crippen LogP contribution in [0.5, 0.6) is 0 Å². The Balaban J connectivity index is 2.55. The number of hydrogen-bond donors (Lipinski definition) is 4. The van der Waals surface area contributed by atoms with Crippen molar-refractivity contribution in [3.8, 4) is 0 Å². The van der Waals surface area contributed by atoms with Gasteiger partial charge in [-0.05, 0) is 0 Å². The summed E-state index contributed by atoms with van der Waals surface area (Å²) in [6.07, 6.45) is -1.75. The van der Waals surface area contributed by atoms with Crippen molar-refractivity contribution in [3.05, 3.63) is 0 Å². The first kappa shape index (κ1) is 8.89. The maximum atomic E-state index is 9.23. The van der Waals surface area contributed by atoms with Crippen LogP contribution in [0, 0.1) is 0 Å². The van der Waals surface area contributed by atoms with E-state index in [2.05, 4.69) is 0 Å². The van der Waals surface area contributed by atoms with E-state index in [4.69, 9.17) is 20.1 Å². The molecule has 0 aromatic rings. The predicted octanol–water partition coefficient (Wildman–Crippen LogP) is -2.19. The monoisotopic (exact) mass is 164 g/mol. The van der Waals surface area contributed by atoms with Gasteiger partial charge in [-0.2, -0.15) is 0 Å². The fourth-order valence-electron chi connectivity index (χ4n) is 1.13. The highest BCUT2D eigenvalue weighted by atomic mass is 16.7. The molecule has 0 aromatic heterocycles. The van der Waals surface area contributed by atoms with Gasteiger partial charge in [-0.25, -0.2) is 0 Å². The molecule has 1 unspecified atom stereocenters. The SMILES string of the molecule is OC[C@H]1OC(O)(CO)C[C@H]1O. The first-order valence-corrected chi connectivity index (χ1v) is 3.41. The Morgan fingerprint density at radius 3 is 2.36 bits per heavy atom. The fourth-order valence-corrected chi connectivity index (χ4v) is 1.13. The van der Waals surface area contributed by atoms with Crippen molar-refractivity contribution in [2.24, 2.45) is 0 Å². The predicted molar refractivity (Wildman–Crippen MR) is 34.6 cm³/mol. The van der Waals surface area contributed by atoms with Crippen molar-refractivity contribution in [1.82, 2.24) is 0 Å². The summed E-state index contributed by atoms with van der Waals surface area (Å²) in [7, 11) is 0. The highest BCUT2D eigenvalue weighted by molar-refractivity contribution is 4.85. The molecule has 0 saturated carbocycles. The standard InChI is InChI=1S/C6H12O5/c7-2-5-4(9)1-6(10,3-8)11-5/h4-5,7-10H,1-3H2/t4-,5-,6?/m1/s1. The van der Waals surface area contributed by atoms with Crippen LogP contribution >= 0.6 is 0 Å². The number of rotatable bonds is 2. The van der Waals surface area contributed by atoms with E-state index >= 15 is 0 Å². The third kappa shape index (κ3) is 1.69. The molecule has 1 saturated heterocycles. The molecule has 1 aliphatic heterocycles. The van der Waals surface area contributed by atoms with Crippen LogP contribution in [0.2, 0.25) is 0 Å². The van der Waals surface area contributed by atoms with E-state index < -0.39 is 24.6 Å². The number of hydrogen-bond acceptors (Lipinski definition) is 5. The van der Waals surface area contributed by atoms with E-state index in [1.54, 1.807) is 0 Å². The lowest BCUT2D eigenvalue weighted by molar-refractivity contribution is -0.217. The maximum absolute atomic E-state index is 9.23. The summed E-state index contributed by atoms with van der Waals surface area (Å²) < 4.78 is 4.77. The number of aliphatic hydroxyl groups excluding tert-OH is 3. The van der Waals surface area contributed by atoms with Crippen LogP contribution < -0.4 is 0 Å². The van der Waals surface area contributed by atoms with Gasteiger partial charge in [0, 0.05) is 6.42 Å². The molecule has 0 bridgehead atoms. The lowest BCUT2D eigenvalue weighted by atomic mass is 10.1. The Hall–Kier alpha value is -0.200. The highest BCUT2D eigenvalue weighted by Gasteiger charge is 2.43. The van der Waals surface area contributed by atoms with Gasteiger partial charge in [0.25, 0.3) is 0 Å². The summed E-state index contributed by atoms with van der Waals surface area (Å²) in [6, 6.07) is 0. The molecule has 5 nitrogen and oxygen atoms in total. The molecule has 0 aliphatic carbocycles. The van der Waals surface area contributed by atoms with Crippen LogP contribution in [-0.4, -0.2) is 51.6 Å². The molecular weight excluding hydrogens is 152 g/mol. The molecule has 1 fully saturated rings. The molecule has 0 radical (unpaired) electrons. The van der Waals surface area contributed by atoms with Crippen molar-refractivity contribution >= 4 is 0 Å². The fraction of sp³-hybridized carbons (Fsp3) is 1.00. The molecule has 0 aromatic carbocycles. The first-order valence-electron chi connectivity index (χ1n) is 3.41. The number of ether oxygens (including phenoxy) is 1. The van der Waals surface area contributed by atoms with Crippen molar-refractivity contribution in [2.75, 3.05) is 13.2 Å². The van der Waals surface area contributed by atoms with Gasteiger partial charge in [-0.3, -0.25) is 0 Å². The van der Waals surface area contributed by atoms with E-state index in [1.807, 2.05) is 0 Å². The molecule has 1 heterocycles. The molecule has 0 amide bonds. The van der Waals surface area contributed by atoms with E-state index in [0.29, 0.717) is 0 Å². The van der Waals surface area contributed by atoms with Gasteiger partial charge in [0.05, 0.1) is 19.3 Å². The second kappa shape index (κ2) is 3.04. The third-order valence-electron chi connectivity index (χ3n) is 1.76. The quantitative estimate of drug-likeness (QED) is 0.372. The Morgan fingerprint density at radius 1 is 1.45 bits per heavy atom. The Kier molecular flexibility index (Phi) is 2.46. The lowest BCUT2D eigenvalue weighted by Crippen LogP contribution is -2.33. The molecule has 3 atom stereocenters. The minimum absolute atomic E-state index is 0.0608. The summed E-state index contributed by atoms with van der Waals surface area (Å²) in [4.78, 5) is 0. The van der Waals surface area contributed by atoms with Gasteiger partial charge in [0.15, 0.2) is 5.79 Å². The summed E-state index contributed by atoms with van der Waals surface area (Å²) in [5, 5.41) is 35.5. The summed E-state index contributed by atoms with van der Waals surface area (Å²) in [5.41, 5.74) is 0. The normalized spacial score (nSPS) is 44.7. The Labute approximate surface area is 63.8 Å². The summed E-state index contributed by atoms with van der Waals surface area (Å²) >= 11 is 0. The minimum atomic E-state index is -1.67. The van der Waals surface area contributed by atoms with Crippen molar-refractivity contribution in [1.29, 1.82) is 0 Å². The van der Waals surface area contributed by atoms with E-state index in [1.165, 1.54) is 0 Å². The van der Waals surface area contributed by atoms with Crippen LogP contribution in [0.25, 0.3) is 0 Å². The average molecular weight is 164 g/mol. The Bertz CT molecular complexity index is 139. The van der Waals surface area contributed by atoms with Gasteiger partial charge in [0.1, 0.15) is 6.10 Å². The molecular formula is C6H12O5. The summed E-state index contributed by atoms with van der Waals surface area (Å²) in [5.74, 6) is -1.67. The van der Waals surface area contributed by atoms with Crippen molar-refractivity contribution in [3.63, 3.8) is 0 Å². The summed E-state index contributed by atoms with van der Waals surface area (Å²) in [6.45, 7) is -0.927. The molecule has 5 heteroatoms. The zero-order valence-electron chi connectivity index (χ0n) is 5.97. The largest absolute Gasteiger partial charge is 0.394 e. The van der Waals surface area contributed by atoms with E-state index in [9.17, 15) is 5.11 Å². The Morgan fingerprint density at radius 2 is 2.09 bits per heavy atom. The molecule has 4 N–H and O–H groups in total. The van der Waals surface area contributed by atoms with Gasteiger partial charge >= 0.3 is 0 Å². The van der Waals surface area contributed by atoms with E-state index in [-0.39, 0.29) is 13.0 Å². The van der Waals surface area contributed by atoms with E-state index in [0.717, 1.165) is 0 Å².